The van der Waals surface area contributed by atoms with Gasteiger partial charge in [-0.25, -0.2) is 4.98 Å². The Hall–Kier alpha value is -1.32. The van der Waals surface area contributed by atoms with Crippen molar-refractivity contribution in [1.82, 2.24) is 9.97 Å². The monoisotopic (exact) mass is 206 g/mol. The van der Waals surface area contributed by atoms with Crippen LogP contribution in [-0.2, 0) is 0 Å². The second-order valence-corrected chi connectivity index (χ2v) is 4.70. The van der Waals surface area contributed by atoms with Gasteiger partial charge in [-0.05, 0) is 24.2 Å². The van der Waals surface area contributed by atoms with Gasteiger partial charge in [0, 0.05) is 6.54 Å². The predicted octanol–water partition coefficient (Wildman–Crippen LogP) is 1.91. The van der Waals surface area contributed by atoms with Crippen LogP contribution in [0, 0.1) is 11.3 Å². The smallest absolute Gasteiger partial charge is 0.146 e. The van der Waals surface area contributed by atoms with Crippen LogP contribution in [0.4, 0.5) is 11.6 Å². The molecule has 0 aromatic carbocycles. The molecular weight excluding hydrogens is 188 g/mol. The Bertz CT molecular complexity index is 344. The minimum atomic E-state index is 0.467. The molecule has 1 aromatic rings. The highest BCUT2D eigenvalue weighted by Gasteiger charge is 2.44. The van der Waals surface area contributed by atoms with E-state index in [1.807, 2.05) is 0 Å². The van der Waals surface area contributed by atoms with E-state index in [9.17, 15) is 0 Å². The second kappa shape index (κ2) is 3.68. The summed E-state index contributed by atoms with van der Waals surface area (Å²) >= 11 is 0. The van der Waals surface area contributed by atoms with Crippen molar-refractivity contribution in [2.45, 2.75) is 26.7 Å². The third-order valence-corrected chi connectivity index (χ3v) is 3.39. The summed E-state index contributed by atoms with van der Waals surface area (Å²) in [7, 11) is 0. The summed E-state index contributed by atoms with van der Waals surface area (Å²) in [6.45, 7) is 5.53. The normalized spacial score (nSPS) is 17.8. The molecule has 4 nitrogen and oxygen atoms in total. The number of nitrogens with one attached hydrogen (secondary N) is 1. The summed E-state index contributed by atoms with van der Waals surface area (Å²) in [6.07, 6.45) is 5.90. The van der Waals surface area contributed by atoms with Crippen LogP contribution < -0.4 is 11.1 Å². The topological polar surface area (TPSA) is 63.8 Å². The van der Waals surface area contributed by atoms with E-state index in [0.717, 1.165) is 18.3 Å². The van der Waals surface area contributed by atoms with E-state index >= 15 is 0 Å². The maximum absolute atomic E-state index is 5.56. The van der Waals surface area contributed by atoms with Crippen molar-refractivity contribution >= 4 is 11.6 Å². The molecule has 0 spiro atoms. The highest BCUT2D eigenvalue weighted by molar-refractivity contribution is 5.38. The van der Waals surface area contributed by atoms with Crippen LogP contribution >= 0.6 is 0 Å². The molecule has 0 amide bonds. The molecule has 15 heavy (non-hydrogen) atoms. The molecule has 1 aromatic heterocycles. The number of hydrogen-bond donors (Lipinski definition) is 2. The van der Waals surface area contributed by atoms with Gasteiger partial charge in [-0.15, -0.1) is 0 Å². The highest BCUT2D eigenvalue weighted by atomic mass is 15.0. The molecule has 0 atom stereocenters. The van der Waals surface area contributed by atoms with Gasteiger partial charge in [-0.1, -0.05) is 13.8 Å². The average Bonchev–Trinajstić information content (AvgIpc) is 2.96. The zero-order valence-electron chi connectivity index (χ0n) is 9.33. The minimum Gasteiger partial charge on any atom is -0.382 e. The van der Waals surface area contributed by atoms with Gasteiger partial charge in [0.2, 0.25) is 0 Å². The number of aromatic nitrogens is 2. The van der Waals surface area contributed by atoms with Crippen LogP contribution in [0.5, 0.6) is 0 Å². The molecule has 2 rings (SSSR count). The van der Waals surface area contributed by atoms with Gasteiger partial charge < -0.3 is 11.1 Å². The number of hydrogen-bond acceptors (Lipinski definition) is 4. The number of nitrogens with two attached hydrogens (primary N) is 1. The third-order valence-electron chi connectivity index (χ3n) is 3.39. The van der Waals surface area contributed by atoms with Gasteiger partial charge in [-0.2, -0.15) is 0 Å². The molecule has 1 aliphatic rings. The van der Waals surface area contributed by atoms with Crippen LogP contribution in [0.2, 0.25) is 0 Å². The maximum Gasteiger partial charge on any atom is 0.146 e. The van der Waals surface area contributed by atoms with Crippen LogP contribution in [0.25, 0.3) is 0 Å². The lowest BCUT2D eigenvalue weighted by molar-refractivity contribution is 0.380. The first-order chi connectivity index (χ1) is 7.12. The van der Waals surface area contributed by atoms with E-state index < -0.39 is 0 Å². The van der Waals surface area contributed by atoms with E-state index in [4.69, 9.17) is 5.73 Å². The summed E-state index contributed by atoms with van der Waals surface area (Å²) in [5, 5.41) is 3.32. The molecule has 3 N–H and O–H groups in total. The van der Waals surface area contributed by atoms with Crippen molar-refractivity contribution in [2.75, 3.05) is 17.6 Å². The van der Waals surface area contributed by atoms with E-state index in [2.05, 4.69) is 29.1 Å². The average molecular weight is 206 g/mol. The number of nitrogen functional groups attached to an aromatic ring is 1. The molecule has 1 heterocycles. The molecule has 0 unspecified atom stereocenters. The van der Waals surface area contributed by atoms with E-state index in [1.165, 1.54) is 12.8 Å². The molecule has 0 saturated heterocycles. The molecule has 1 saturated carbocycles. The Morgan fingerprint density at radius 3 is 2.73 bits per heavy atom. The maximum atomic E-state index is 5.56. The third kappa shape index (κ3) is 2.19. The van der Waals surface area contributed by atoms with Crippen LogP contribution in [-0.4, -0.2) is 16.5 Å². The van der Waals surface area contributed by atoms with Crippen molar-refractivity contribution < 1.29 is 0 Å². The molecule has 1 fully saturated rings. The molecule has 4 heteroatoms. The van der Waals surface area contributed by atoms with Crippen LogP contribution in [0.1, 0.15) is 26.7 Å². The molecule has 82 valence electrons. The lowest BCUT2D eigenvalue weighted by Crippen LogP contribution is -2.21. The summed E-state index contributed by atoms with van der Waals surface area (Å²) < 4.78 is 0. The Labute approximate surface area is 90.3 Å². The Kier molecular flexibility index (Phi) is 2.50. The summed E-state index contributed by atoms with van der Waals surface area (Å²) in [4.78, 5) is 8.17. The number of rotatable bonds is 4. The first-order valence-electron chi connectivity index (χ1n) is 5.44. The second-order valence-electron chi connectivity index (χ2n) is 4.70. The summed E-state index contributed by atoms with van der Waals surface area (Å²) in [6, 6.07) is 0. The lowest BCUT2D eigenvalue weighted by Gasteiger charge is -2.20. The van der Waals surface area contributed by atoms with Crippen molar-refractivity contribution in [3.05, 3.63) is 12.4 Å². The number of anilines is 2. The number of nitrogens with zero attached hydrogens (tertiary/aromatic N) is 2. The fourth-order valence-electron chi connectivity index (χ4n) is 1.85. The van der Waals surface area contributed by atoms with Crippen molar-refractivity contribution in [1.29, 1.82) is 0 Å². The van der Waals surface area contributed by atoms with Gasteiger partial charge in [0.25, 0.3) is 0 Å². The Morgan fingerprint density at radius 1 is 1.47 bits per heavy atom. The molecule has 0 aliphatic heterocycles. The molecule has 0 radical (unpaired) electrons. The zero-order chi connectivity index (χ0) is 10.9. The molecular formula is C11H18N4. The molecule has 1 aliphatic carbocycles. The lowest BCUT2D eigenvalue weighted by atomic mass is 9.92. The van der Waals surface area contributed by atoms with Crippen molar-refractivity contribution in [3.63, 3.8) is 0 Å². The standard InChI is InChI=1S/C11H18N4/c1-8(2)11(3-4-11)7-14-10-6-13-5-9(12)15-10/h5-6,8H,3-4,7H2,1-2H3,(H3,12,14,15). The van der Waals surface area contributed by atoms with Gasteiger partial charge in [0.15, 0.2) is 0 Å². The summed E-state index contributed by atoms with van der Waals surface area (Å²) in [5.41, 5.74) is 6.04. The quantitative estimate of drug-likeness (QED) is 0.789. The van der Waals surface area contributed by atoms with Crippen LogP contribution in [0.3, 0.4) is 0 Å². The summed E-state index contributed by atoms with van der Waals surface area (Å²) in [5.74, 6) is 1.97. The molecule has 0 bridgehead atoms. The van der Waals surface area contributed by atoms with Gasteiger partial charge >= 0.3 is 0 Å². The minimum absolute atomic E-state index is 0.467. The SMILES string of the molecule is CC(C)C1(CNc2cncc(N)n2)CC1. The van der Waals surface area contributed by atoms with E-state index in [0.29, 0.717) is 11.2 Å². The van der Waals surface area contributed by atoms with Crippen LogP contribution in [0.15, 0.2) is 12.4 Å². The van der Waals surface area contributed by atoms with Crippen molar-refractivity contribution in [3.8, 4) is 0 Å². The first-order valence-corrected chi connectivity index (χ1v) is 5.44. The fourth-order valence-corrected chi connectivity index (χ4v) is 1.85. The van der Waals surface area contributed by atoms with Gasteiger partial charge in [-0.3, -0.25) is 4.98 Å². The highest BCUT2D eigenvalue weighted by Crippen LogP contribution is 2.51. The van der Waals surface area contributed by atoms with E-state index in [1.54, 1.807) is 12.4 Å². The first kappa shape index (κ1) is 10.2. The fraction of sp³-hybridized carbons (Fsp3) is 0.636. The predicted molar refractivity (Wildman–Crippen MR) is 61.4 cm³/mol. The Morgan fingerprint density at radius 2 is 2.20 bits per heavy atom. The Balaban J connectivity index is 1.94. The van der Waals surface area contributed by atoms with E-state index in [-0.39, 0.29) is 0 Å². The van der Waals surface area contributed by atoms with Gasteiger partial charge in [0.1, 0.15) is 11.6 Å². The van der Waals surface area contributed by atoms with Crippen molar-refractivity contribution in [2.24, 2.45) is 11.3 Å². The largest absolute Gasteiger partial charge is 0.382 e. The van der Waals surface area contributed by atoms with Gasteiger partial charge in [0.05, 0.1) is 12.4 Å². The zero-order valence-corrected chi connectivity index (χ0v) is 9.33.